The maximum absolute atomic E-state index is 11.8. The Morgan fingerprint density at radius 1 is 0.912 bits per heavy atom. The zero-order chi connectivity index (χ0) is 23.4. The van der Waals surface area contributed by atoms with E-state index in [9.17, 15) is 4.79 Å². The van der Waals surface area contributed by atoms with Crippen molar-refractivity contribution in [2.75, 3.05) is 6.61 Å². The van der Waals surface area contributed by atoms with E-state index in [0.717, 1.165) is 39.9 Å². The summed E-state index contributed by atoms with van der Waals surface area (Å²) in [6.07, 6.45) is 2.48. The molecule has 0 fully saturated rings. The molecule has 170 valence electrons. The Morgan fingerprint density at radius 3 is 2.26 bits per heavy atom. The van der Waals surface area contributed by atoms with Crippen molar-refractivity contribution in [2.45, 2.75) is 25.7 Å². The van der Waals surface area contributed by atoms with E-state index in [1.807, 2.05) is 91.9 Å². The van der Waals surface area contributed by atoms with Crippen LogP contribution in [0.1, 0.15) is 45.2 Å². The van der Waals surface area contributed by atoms with Gasteiger partial charge in [-0.25, -0.2) is 4.98 Å². The van der Waals surface area contributed by atoms with Crippen LogP contribution >= 0.6 is 0 Å². The molecule has 0 radical (unpaired) electrons. The number of hydrogen-bond donors (Lipinski definition) is 0. The minimum atomic E-state index is -0.874. The lowest BCUT2D eigenvalue weighted by Gasteiger charge is -2.31. The first-order valence-corrected chi connectivity index (χ1v) is 11.3. The summed E-state index contributed by atoms with van der Waals surface area (Å²) in [6.45, 7) is 3.19. The molecule has 0 aliphatic carbocycles. The summed E-state index contributed by atoms with van der Waals surface area (Å²) in [4.78, 5) is 16.3. The van der Waals surface area contributed by atoms with Gasteiger partial charge in [0.1, 0.15) is 23.7 Å². The number of fused-ring (bicyclic) bond motifs is 1. The molecule has 5 rings (SSSR count). The lowest BCUT2D eigenvalue weighted by molar-refractivity contribution is 0.0262. The van der Waals surface area contributed by atoms with Crippen LogP contribution in [0.3, 0.4) is 0 Å². The Morgan fingerprint density at radius 2 is 1.59 bits per heavy atom. The van der Waals surface area contributed by atoms with E-state index >= 15 is 0 Å². The summed E-state index contributed by atoms with van der Waals surface area (Å²) in [5.74, 6) is 1.27. The van der Waals surface area contributed by atoms with Gasteiger partial charge in [-0.15, -0.1) is 0 Å². The van der Waals surface area contributed by atoms with Crippen molar-refractivity contribution in [2.24, 2.45) is 0 Å². The molecule has 34 heavy (non-hydrogen) atoms. The van der Waals surface area contributed by atoms with Crippen LogP contribution in [-0.2, 0) is 23.6 Å². The molecule has 3 aromatic carbocycles. The summed E-state index contributed by atoms with van der Waals surface area (Å²) < 4.78 is 18.4. The van der Waals surface area contributed by atoms with Crippen LogP contribution in [0.15, 0.2) is 91.1 Å². The smallest absolute Gasteiger partial charge is 0.172 e. The average molecular weight is 452 g/mol. The van der Waals surface area contributed by atoms with E-state index in [2.05, 4.69) is 4.98 Å². The van der Waals surface area contributed by atoms with Crippen LogP contribution < -0.4 is 9.47 Å². The average Bonchev–Trinajstić information content (AvgIpc) is 3.30. The van der Waals surface area contributed by atoms with Crippen molar-refractivity contribution >= 4 is 6.29 Å². The number of carbonyl (C=O) groups excluding carboxylic acids is 1. The summed E-state index contributed by atoms with van der Waals surface area (Å²) in [6, 6.07) is 27.8. The van der Waals surface area contributed by atoms with Crippen LogP contribution in [0.25, 0.3) is 0 Å². The molecule has 5 heteroatoms. The van der Waals surface area contributed by atoms with Gasteiger partial charge in [-0.05, 0) is 35.7 Å². The highest BCUT2D eigenvalue weighted by Gasteiger charge is 2.45. The molecule has 0 amide bonds. The number of pyridine rings is 1. The fourth-order valence-corrected chi connectivity index (χ4v) is 4.50. The van der Waals surface area contributed by atoms with Crippen LogP contribution in [-0.4, -0.2) is 17.9 Å². The predicted molar refractivity (Wildman–Crippen MR) is 129 cm³/mol. The standard InChI is InChI=1S/C29H25NO4/c1-2-32-24-15-13-23(14-16-24)29(22-11-7-4-8-12-22)26-17-30-27(18-31)28(25(26)20-34-29)33-19-21-9-5-3-6-10-21/h3-18H,2,19-20H2,1H3. The van der Waals surface area contributed by atoms with Crippen molar-refractivity contribution in [3.05, 3.63) is 125 Å². The second-order valence-electron chi connectivity index (χ2n) is 8.05. The first-order valence-electron chi connectivity index (χ1n) is 11.3. The molecule has 1 unspecified atom stereocenters. The first-order chi connectivity index (χ1) is 16.8. The van der Waals surface area contributed by atoms with Gasteiger partial charge in [0.15, 0.2) is 12.0 Å². The summed E-state index contributed by atoms with van der Waals surface area (Å²) in [5.41, 5.74) is 4.05. The molecule has 1 aliphatic heterocycles. The number of carbonyl (C=O) groups is 1. The number of hydrogen-bond acceptors (Lipinski definition) is 5. The number of benzene rings is 3. The van der Waals surface area contributed by atoms with E-state index in [1.54, 1.807) is 6.20 Å². The molecule has 1 aromatic heterocycles. The Bertz CT molecular complexity index is 1270. The highest BCUT2D eigenvalue weighted by Crippen LogP contribution is 2.49. The maximum Gasteiger partial charge on any atom is 0.172 e. The van der Waals surface area contributed by atoms with Gasteiger partial charge in [-0.2, -0.15) is 0 Å². The molecule has 0 bridgehead atoms. The van der Waals surface area contributed by atoms with Crippen molar-refractivity contribution in [1.82, 2.24) is 4.98 Å². The van der Waals surface area contributed by atoms with E-state index in [0.29, 0.717) is 25.6 Å². The van der Waals surface area contributed by atoms with Gasteiger partial charge in [0.25, 0.3) is 0 Å². The monoisotopic (exact) mass is 451 g/mol. The lowest BCUT2D eigenvalue weighted by Crippen LogP contribution is -2.28. The number of rotatable bonds is 8. The van der Waals surface area contributed by atoms with Gasteiger partial charge in [-0.3, -0.25) is 4.79 Å². The van der Waals surface area contributed by atoms with Crippen LogP contribution in [0, 0.1) is 0 Å². The number of nitrogens with zero attached hydrogens (tertiary/aromatic N) is 1. The normalized spacial score (nSPS) is 16.6. The largest absolute Gasteiger partial charge is 0.494 e. The van der Waals surface area contributed by atoms with Gasteiger partial charge in [0, 0.05) is 17.3 Å². The van der Waals surface area contributed by atoms with Gasteiger partial charge in [-0.1, -0.05) is 72.8 Å². The maximum atomic E-state index is 11.8. The third-order valence-corrected chi connectivity index (χ3v) is 6.07. The zero-order valence-corrected chi connectivity index (χ0v) is 18.9. The highest BCUT2D eigenvalue weighted by molar-refractivity contribution is 5.78. The number of aromatic nitrogens is 1. The molecule has 2 heterocycles. The number of aldehydes is 1. The molecule has 1 atom stereocenters. The molecule has 5 nitrogen and oxygen atoms in total. The van der Waals surface area contributed by atoms with E-state index in [1.165, 1.54) is 0 Å². The quantitative estimate of drug-likeness (QED) is 0.322. The van der Waals surface area contributed by atoms with Crippen LogP contribution in [0.2, 0.25) is 0 Å². The molecule has 4 aromatic rings. The van der Waals surface area contributed by atoms with Crippen LogP contribution in [0.5, 0.6) is 11.5 Å². The Hall–Kier alpha value is -3.96. The van der Waals surface area contributed by atoms with Gasteiger partial charge in [0.05, 0.1) is 13.2 Å². The highest BCUT2D eigenvalue weighted by atomic mass is 16.5. The Balaban J connectivity index is 1.63. The van der Waals surface area contributed by atoms with Crippen molar-refractivity contribution < 1.29 is 19.0 Å². The summed E-state index contributed by atoms with van der Waals surface area (Å²) in [7, 11) is 0. The van der Waals surface area contributed by atoms with Gasteiger partial charge in [0.2, 0.25) is 0 Å². The molecular formula is C29H25NO4. The van der Waals surface area contributed by atoms with E-state index < -0.39 is 5.60 Å². The Labute approximate surface area is 199 Å². The van der Waals surface area contributed by atoms with E-state index in [4.69, 9.17) is 14.2 Å². The molecule has 0 saturated heterocycles. The molecule has 0 saturated carbocycles. The zero-order valence-electron chi connectivity index (χ0n) is 18.9. The fourth-order valence-electron chi connectivity index (χ4n) is 4.50. The summed E-state index contributed by atoms with van der Waals surface area (Å²) >= 11 is 0. The summed E-state index contributed by atoms with van der Waals surface area (Å²) in [5, 5.41) is 0. The van der Waals surface area contributed by atoms with Crippen LogP contribution in [0.4, 0.5) is 0 Å². The topological polar surface area (TPSA) is 57.7 Å². The second-order valence-corrected chi connectivity index (χ2v) is 8.05. The van der Waals surface area contributed by atoms with Gasteiger partial charge >= 0.3 is 0 Å². The van der Waals surface area contributed by atoms with Crippen molar-refractivity contribution in [3.8, 4) is 11.5 Å². The second kappa shape index (κ2) is 9.49. The van der Waals surface area contributed by atoms with Crippen molar-refractivity contribution in [3.63, 3.8) is 0 Å². The molecule has 0 spiro atoms. The third-order valence-electron chi connectivity index (χ3n) is 6.07. The molecular weight excluding hydrogens is 426 g/mol. The first kappa shape index (κ1) is 21.9. The van der Waals surface area contributed by atoms with Gasteiger partial charge < -0.3 is 14.2 Å². The molecule has 0 N–H and O–H groups in total. The fraction of sp³-hybridized carbons (Fsp3) is 0.172. The minimum Gasteiger partial charge on any atom is -0.494 e. The predicted octanol–water partition coefficient (Wildman–Crippen LogP) is 5.69. The minimum absolute atomic E-state index is 0.272. The van der Waals surface area contributed by atoms with Crippen molar-refractivity contribution in [1.29, 1.82) is 0 Å². The number of ether oxygens (including phenoxy) is 3. The lowest BCUT2D eigenvalue weighted by atomic mass is 9.80. The third kappa shape index (κ3) is 3.84. The van der Waals surface area contributed by atoms with E-state index in [-0.39, 0.29) is 5.69 Å². The SMILES string of the molecule is CCOc1ccc(C2(c3ccccc3)OCc3c2cnc(C=O)c3OCc2ccccc2)cc1. The Kier molecular flexibility index (Phi) is 6.11. The molecule has 1 aliphatic rings.